The van der Waals surface area contributed by atoms with Gasteiger partial charge in [-0.05, 0) is 44.9 Å². The Balaban J connectivity index is 1.53. The zero-order valence-electron chi connectivity index (χ0n) is 16.2. The largest absolute Gasteiger partial charge is 0.376 e. The van der Waals surface area contributed by atoms with Crippen LogP contribution in [0.1, 0.15) is 35.7 Å². The van der Waals surface area contributed by atoms with Gasteiger partial charge in [0, 0.05) is 30.7 Å². The fourth-order valence-electron chi connectivity index (χ4n) is 3.51. The molecule has 3 aromatic heterocycles. The van der Waals surface area contributed by atoms with E-state index in [1.165, 1.54) is 0 Å². The lowest BCUT2D eigenvalue weighted by molar-refractivity contribution is -0.132. The number of fused-ring (bicyclic) bond motifs is 1. The summed E-state index contributed by atoms with van der Waals surface area (Å²) in [7, 11) is 0. The number of aromatic nitrogens is 5. The van der Waals surface area contributed by atoms with E-state index < -0.39 is 0 Å². The second-order valence-corrected chi connectivity index (χ2v) is 7.19. The predicted octanol–water partition coefficient (Wildman–Crippen LogP) is 1.89. The van der Waals surface area contributed by atoms with Crippen LogP contribution in [0.3, 0.4) is 0 Å². The summed E-state index contributed by atoms with van der Waals surface area (Å²) in [5.41, 5.74) is 2.67. The number of ether oxygens (including phenoxy) is 1. The molecular weight excluding hydrogens is 356 g/mol. The van der Waals surface area contributed by atoms with Gasteiger partial charge < -0.3 is 9.64 Å². The zero-order chi connectivity index (χ0) is 19.5. The van der Waals surface area contributed by atoms with Gasteiger partial charge in [-0.25, -0.2) is 9.50 Å². The Morgan fingerprint density at radius 3 is 2.96 bits per heavy atom. The van der Waals surface area contributed by atoms with E-state index in [0.717, 1.165) is 36.5 Å². The van der Waals surface area contributed by atoms with Crippen molar-refractivity contribution < 1.29 is 9.53 Å². The Kier molecular flexibility index (Phi) is 5.29. The molecule has 0 spiro atoms. The molecule has 0 aliphatic carbocycles. The van der Waals surface area contributed by atoms with Gasteiger partial charge >= 0.3 is 0 Å². The summed E-state index contributed by atoms with van der Waals surface area (Å²) >= 11 is 0. The van der Waals surface area contributed by atoms with E-state index in [2.05, 4.69) is 20.1 Å². The van der Waals surface area contributed by atoms with E-state index >= 15 is 0 Å². The molecular formula is C20H24N6O2. The SMILES string of the molecule is Cc1cc(C)n2nc(CC(=O)N(Cc3ccccn3)C[C@@H]3CCCO3)nc2n1. The average molecular weight is 380 g/mol. The van der Waals surface area contributed by atoms with Crippen molar-refractivity contribution in [3.05, 3.63) is 53.4 Å². The molecule has 8 nitrogen and oxygen atoms in total. The van der Waals surface area contributed by atoms with Crippen molar-refractivity contribution in [2.75, 3.05) is 13.2 Å². The third-order valence-corrected chi connectivity index (χ3v) is 4.85. The number of carbonyl (C=O) groups is 1. The molecule has 3 aromatic rings. The van der Waals surface area contributed by atoms with Crippen LogP contribution < -0.4 is 0 Å². The molecule has 0 bridgehead atoms. The van der Waals surface area contributed by atoms with Gasteiger partial charge in [-0.1, -0.05) is 6.07 Å². The number of pyridine rings is 1. The summed E-state index contributed by atoms with van der Waals surface area (Å²) in [4.78, 5) is 28.1. The van der Waals surface area contributed by atoms with Crippen LogP contribution in [0, 0.1) is 13.8 Å². The first-order valence-corrected chi connectivity index (χ1v) is 9.57. The number of rotatable bonds is 6. The van der Waals surface area contributed by atoms with Gasteiger partial charge in [-0.15, -0.1) is 5.10 Å². The summed E-state index contributed by atoms with van der Waals surface area (Å²) in [6.07, 6.45) is 3.95. The van der Waals surface area contributed by atoms with Crippen molar-refractivity contribution >= 4 is 11.7 Å². The second kappa shape index (κ2) is 8.02. The van der Waals surface area contributed by atoms with Crippen LogP contribution in [-0.2, 0) is 22.5 Å². The number of hydrogen-bond donors (Lipinski definition) is 0. The minimum atomic E-state index is -0.0357. The van der Waals surface area contributed by atoms with Crippen LogP contribution in [0.15, 0.2) is 30.5 Å². The zero-order valence-corrected chi connectivity index (χ0v) is 16.2. The smallest absolute Gasteiger partial charge is 0.252 e. The molecule has 1 aliphatic heterocycles. The van der Waals surface area contributed by atoms with Crippen molar-refractivity contribution in [1.29, 1.82) is 0 Å². The Labute approximate surface area is 163 Å². The highest BCUT2D eigenvalue weighted by molar-refractivity contribution is 5.78. The van der Waals surface area contributed by atoms with Gasteiger partial charge in [-0.3, -0.25) is 9.78 Å². The molecule has 1 saturated heterocycles. The first-order chi connectivity index (χ1) is 13.6. The van der Waals surface area contributed by atoms with Crippen LogP contribution in [-0.4, -0.2) is 54.6 Å². The highest BCUT2D eigenvalue weighted by Crippen LogP contribution is 2.16. The van der Waals surface area contributed by atoms with Crippen molar-refractivity contribution in [3.63, 3.8) is 0 Å². The molecule has 1 amide bonds. The first kappa shape index (κ1) is 18.5. The Bertz CT molecular complexity index is 965. The highest BCUT2D eigenvalue weighted by Gasteiger charge is 2.24. The minimum absolute atomic E-state index is 0.0357. The molecule has 0 aromatic carbocycles. The third kappa shape index (κ3) is 4.17. The van der Waals surface area contributed by atoms with E-state index in [9.17, 15) is 4.79 Å². The molecule has 0 radical (unpaired) electrons. The highest BCUT2D eigenvalue weighted by atomic mass is 16.5. The fourth-order valence-corrected chi connectivity index (χ4v) is 3.51. The predicted molar refractivity (Wildman–Crippen MR) is 103 cm³/mol. The first-order valence-electron chi connectivity index (χ1n) is 9.57. The molecule has 8 heteroatoms. The van der Waals surface area contributed by atoms with E-state index in [1.807, 2.05) is 38.1 Å². The molecule has 4 rings (SSSR count). The lowest BCUT2D eigenvalue weighted by Gasteiger charge is -2.25. The molecule has 0 N–H and O–H groups in total. The summed E-state index contributed by atoms with van der Waals surface area (Å²) in [6.45, 7) is 5.63. The molecule has 4 heterocycles. The van der Waals surface area contributed by atoms with Gasteiger partial charge in [0.25, 0.3) is 5.78 Å². The van der Waals surface area contributed by atoms with Gasteiger partial charge in [-0.2, -0.15) is 4.98 Å². The van der Waals surface area contributed by atoms with Gasteiger partial charge in [0.2, 0.25) is 5.91 Å². The maximum absolute atomic E-state index is 13.1. The third-order valence-electron chi connectivity index (χ3n) is 4.85. The molecule has 0 unspecified atom stereocenters. The van der Waals surface area contributed by atoms with Crippen LogP contribution in [0.4, 0.5) is 0 Å². The summed E-state index contributed by atoms with van der Waals surface area (Å²) in [5, 5.41) is 4.46. The van der Waals surface area contributed by atoms with Gasteiger partial charge in [0.1, 0.15) is 0 Å². The van der Waals surface area contributed by atoms with Crippen molar-refractivity contribution in [1.82, 2.24) is 29.5 Å². The number of amides is 1. The van der Waals surface area contributed by atoms with Crippen molar-refractivity contribution in [3.8, 4) is 0 Å². The van der Waals surface area contributed by atoms with Gasteiger partial charge in [0.05, 0.1) is 24.8 Å². The van der Waals surface area contributed by atoms with Crippen LogP contribution in [0.5, 0.6) is 0 Å². The van der Waals surface area contributed by atoms with E-state index in [-0.39, 0.29) is 18.4 Å². The van der Waals surface area contributed by atoms with Crippen LogP contribution in [0.2, 0.25) is 0 Å². The number of carbonyl (C=O) groups excluding carboxylic acids is 1. The molecule has 1 atom stereocenters. The number of aryl methyl sites for hydroxylation is 2. The molecule has 1 aliphatic rings. The Morgan fingerprint density at radius 2 is 2.21 bits per heavy atom. The summed E-state index contributed by atoms with van der Waals surface area (Å²) < 4.78 is 7.42. The second-order valence-electron chi connectivity index (χ2n) is 7.19. The van der Waals surface area contributed by atoms with Gasteiger partial charge in [0.15, 0.2) is 5.82 Å². The standard InChI is InChI=1S/C20H24N6O2/c1-14-10-15(2)26-20(22-14)23-18(24-26)11-19(27)25(13-17-7-5-9-28-17)12-16-6-3-4-8-21-16/h3-4,6,8,10,17H,5,7,9,11-13H2,1-2H3/t17-/m0/s1. The van der Waals surface area contributed by atoms with E-state index in [4.69, 9.17) is 4.74 Å². The fraction of sp³-hybridized carbons (Fsp3) is 0.450. The number of nitrogens with zero attached hydrogens (tertiary/aromatic N) is 6. The Morgan fingerprint density at radius 1 is 1.32 bits per heavy atom. The molecule has 0 saturated carbocycles. The quantitative estimate of drug-likeness (QED) is 0.649. The molecule has 146 valence electrons. The monoisotopic (exact) mass is 380 g/mol. The van der Waals surface area contributed by atoms with Crippen LogP contribution >= 0.6 is 0 Å². The van der Waals surface area contributed by atoms with Crippen molar-refractivity contribution in [2.45, 2.75) is 45.8 Å². The van der Waals surface area contributed by atoms with Crippen LogP contribution in [0.25, 0.3) is 5.78 Å². The van der Waals surface area contributed by atoms with E-state index in [1.54, 1.807) is 15.6 Å². The average Bonchev–Trinajstić information content (AvgIpc) is 3.31. The maximum Gasteiger partial charge on any atom is 0.252 e. The molecule has 28 heavy (non-hydrogen) atoms. The molecule has 1 fully saturated rings. The Hall–Kier alpha value is -2.87. The van der Waals surface area contributed by atoms with E-state index in [0.29, 0.717) is 24.7 Å². The maximum atomic E-state index is 13.1. The summed E-state index contributed by atoms with van der Waals surface area (Å²) in [6, 6.07) is 7.66. The summed E-state index contributed by atoms with van der Waals surface area (Å²) in [5.74, 6) is 0.965. The lowest BCUT2D eigenvalue weighted by atomic mass is 10.2. The minimum Gasteiger partial charge on any atom is -0.376 e. The topological polar surface area (TPSA) is 85.5 Å². The lowest BCUT2D eigenvalue weighted by Crippen LogP contribution is -2.38. The van der Waals surface area contributed by atoms with Crippen molar-refractivity contribution in [2.24, 2.45) is 0 Å². The number of hydrogen-bond acceptors (Lipinski definition) is 6. The normalized spacial score (nSPS) is 16.6.